The monoisotopic (exact) mass is 686 g/mol. The van der Waals surface area contributed by atoms with Gasteiger partial charge in [-0.2, -0.15) is 13.2 Å². The molecule has 0 saturated carbocycles. The second kappa shape index (κ2) is 18.0. The number of imidazole rings is 1. The number of benzene rings is 4. The zero-order chi connectivity index (χ0) is 32.9. The minimum Gasteiger partial charge on any atom is -0.461 e. The maximum Gasteiger partial charge on any atom is 0.416 e. The van der Waals surface area contributed by atoms with Crippen molar-refractivity contribution in [1.82, 2.24) is 15.3 Å². The fraction of sp³-hybridized carbons (Fsp3) is 0.206. The fourth-order valence-corrected chi connectivity index (χ4v) is 5.17. The number of aromatic nitrogens is 2. The fourth-order valence-electron chi connectivity index (χ4n) is 4.29. The average Bonchev–Trinajstić information content (AvgIpc) is 3.45. The molecule has 1 amide bonds. The third-order valence-electron chi connectivity index (χ3n) is 6.47. The Balaban J connectivity index is 0.000000253. The van der Waals surface area contributed by atoms with Gasteiger partial charge in [0.25, 0.3) is 0 Å². The first-order valence-corrected chi connectivity index (χ1v) is 15.1. The van der Waals surface area contributed by atoms with Crippen LogP contribution in [0, 0.1) is 0 Å². The lowest BCUT2D eigenvalue weighted by molar-refractivity contribution is -0.137. The number of esters is 1. The number of carbonyl (C=O) groups excluding carboxylic acids is 2. The zero-order valence-corrected chi connectivity index (χ0v) is 27.2. The molecule has 4 aromatic carbocycles. The average molecular weight is 687 g/mol. The highest BCUT2D eigenvalue weighted by Crippen LogP contribution is 2.30. The van der Waals surface area contributed by atoms with Gasteiger partial charge in [0.15, 0.2) is 0 Å². The van der Waals surface area contributed by atoms with Gasteiger partial charge in [-0.05, 0) is 67.4 Å². The van der Waals surface area contributed by atoms with Crippen molar-refractivity contribution in [3.8, 4) is 0 Å². The van der Waals surface area contributed by atoms with Crippen LogP contribution in [0.15, 0.2) is 113 Å². The zero-order valence-electron chi connectivity index (χ0n) is 25.5. The predicted molar refractivity (Wildman–Crippen MR) is 179 cm³/mol. The third kappa shape index (κ3) is 12.0. The molecular formula is C34H34ClF3N4O4S. The van der Waals surface area contributed by atoms with Crippen molar-refractivity contribution in [2.75, 3.05) is 25.6 Å². The molecular weight excluding hydrogens is 653 g/mol. The van der Waals surface area contributed by atoms with Crippen LogP contribution in [0.3, 0.4) is 0 Å². The Bertz CT molecular complexity index is 1720. The minimum atomic E-state index is -4.34. The van der Waals surface area contributed by atoms with E-state index in [1.165, 1.54) is 18.1 Å². The summed E-state index contributed by atoms with van der Waals surface area (Å²) in [7, 11) is 1.31. The lowest BCUT2D eigenvalue weighted by Gasteiger charge is -2.15. The van der Waals surface area contributed by atoms with E-state index >= 15 is 0 Å². The van der Waals surface area contributed by atoms with Crippen molar-refractivity contribution in [3.63, 3.8) is 0 Å². The van der Waals surface area contributed by atoms with Gasteiger partial charge in [-0.3, -0.25) is 5.32 Å². The van der Waals surface area contributed by atoms with Crippen molar-refractivity contribution in [2.24, 2.45) is 0 Å². The van der Waals surface area contributed by atoms with Crippen molar-refractivity contribution in [2.45, 2.75) is 35.4 Å². The van der Waals surface area contributed by atoms with Gasteiger partial charge in [-0.25, -0.2) is 14.6 Å². The van der Waals surface area contributed by atoms with E-state index in [9.17, 15) is 22.8 Å². The number of aromatic amines is 1. The number of halogens is 4. The molecule has 1 aromatic heterocycles. The molecule has 0 saturated heterocycles. The first-order valence-electron chi connectivity index (χ1n) is 14.3. The number of rotatable bonds is 10. The molecule has 47 heavy (non-hydrogen) atoms. The minimum absolute atomic E-state index is 0. The molecule has 13 heteroatoms. The largest absolute Gasteiger partial charge is 0.461 e. The predicted octanol–water partition coefficient (Wildman–Crippen LogP) is 8.40. The Morgan fingerprint density at radius 3 is 2.30 bits per heavy atom. The smallest absolute Gasteiger partial charge is 0.416 e. The highest BCUT2D eigenvalue weighted by molar-refractivity contribution is 7.99. The van der Waals surface area contributed by atoms with Gasteiger partial charge in [0.1, 0.15) is 6.61 Å². The quantitative estimate of drug-likeness (QED) is 0.100. The molecule has 5 aromatic rings. The molecule has 248 valence electrons. The Hall–Kier alpha value is -4.52. The van der Waals surface area contributed by atoms with E-state index in [2.05, 4.69) is 37.5 Å². The topological polar surface area (TPSA) is 105 Å². The van der Waals surface area contributed by atoms with Crippen molar-refractivity contribution in [3.05, 3.63) is 120 Å². The summed E-state index contributed by atoms with van der Waals surface area (Å²) in [5.41, 5.74) is 2.10. The van der Waals surface area contributed by atoms with Crippen LogP contribution in [0.4, 0.5) is 23.9 Å². The van der Waals surface area contributed by atoms with Crippen LogP contribution in [0.2, 0.25) is 0 Å². The number of H-pyrrole nitrogens is 1. The van der Waals surface area contributed by atoms with Crippen molar-refractivity contribution in [1.29, 1.82) is 0 Å². The standard InChI is InChI=1S/C19H20F3NO2.C15H13N3O2S.ClH/c1-14(12-15-6-5-9-17(13-15)19(20,21)22)23-10-11-25-18(24)16-7-3-2-4-8-16;1-20-15(19)18-14-16-12-8-7-11(9-13(12)17-14)21-10-5-3-2-4-6-10;/h2-9,13-14,23H,10-12H2,1H3;2-9H,1H3,(H2,16,17,18,19);1H. The SMILES string of the molecule is CC(Cc1cccc(C(F)(F)F)c1)NCCOC(=O)c1ccccc1.COC(=O)Nc1nc2ccc(Sc3ccccc3)cc2[nH]1.Cl. The molecule has 3 N–H and O–H groups in total. The summed E-state index contributed by atoms with van der Waals surface area (Å²) in [5.74, 6) is -0.0216. The summed E-state index contributed by atoms with van der Waals surface area (Å²) < 4.78 is 47.8. The molecule has 0 bridgehead atoms. The van der Waals surface area contributed by atoms with Gasteiger partial charge in [-0.15, -0.1) is 12.4 Å². The molecule has 1 unspecified atom stereocenters. The number of ether oxygens (including phenoxy) is 2. The number of methoxy groups -OCH3 is 1. The number of hydrogen-bond acceptors (Lipinski definition) is 7. The molecule has 0 aliphatic carbocycles. The van der Waals surface area contributed by atoms with Crippen molar-refractivity contribution >= 4 is 53.2 Å². The van der Waals surface area contributed by atoms with Gasteiger partial charge >= 0.3 is 18.2 Å². The third-order valence-corrected chi connectivity index (χ3v) is 7.47. The molecule has 5 rings (SSSR count). The van der Waals surface area contributed by atoms with Crippen LogP contribution in [-0.2, 0) is 22.1 Å². The molecule has 0 aliphatic rings. The lowest BCUT2D eigenvalue weighted by atomic mass is 10.0. The number of hydrogen-bond donors (Lipinski definition) is 3. The van der Waals surface area contributed by atoms with Gasteiger partial charge in [0.05, 0.1) is 29.3 Å². The van der Waals surface area contributed by atoms with E-state index in [-0.39, 0.29) is 25.1 Å². The Labute approximate surface area is 280 Å². The van der Waals surface area contributed by atoms with E-state index in [4.69, 9.17) is 4.74 Å². The number of alkyl halides is 3. The summed E-state index contributed by atoms with van der Waals surface area (Å²) in [5, 5.41) is 5.65. The Kier molecular flexibility index (Phi) is 14.1. The van der Waals surface area contributed by atoms with E-state index in [1.807, 2.05) is 49.4 Å². The van der Waals surface area contributed by atoms with Gasteiger partial charge in [-0.1, -0.05) is 66.4 Å². The van der Waals surface area contributed by atoms with Gasteiger partial charge < -0.3 is 19.8 Å². The second-order valence-electron chi connectivity index (χ2n) is 10.1. The summed E-state index contributed by atoms with van der Waals surface area (Å²) >= 11 is 1.67. The number of nitrogens with zero attached hydrogens (tertiary/aromatic N) is 1. The van der Waals surface area contributed by atoms with Gasteiger partial charge in [0.2, 0.25) is 5.95 Å². The van der Waals surface area contributed by atoms with E-state index in [1.54, 1.807) is 42.1 Å². The summed E-state index contributed by atoms with van der Waals surface area (Å²) in [6, 6.07) is 30.0. The number of anilines is 1. The van der Waals surface area contributed by atoms with Crippen LogP contribution in [0.5, 0.6) is 0 Å². The number of fused-ring (bicyclic) bond motifs is 1. The van der Waals surface area contributed by atoms with Crippen LogP contribution < -0.4 is 10.6 Å². The molecule has 0 aliphatic heterocycles. The maximum absolute atomic E-state index is 12.7. The number of nitrogens with one attached hydrogen (secondary N) is 3. The lowest BCUT2D eigenvalue weighted by Crippen LogP contribution is -2.31. The van der Waals surface area contributed by atoms with Crippen LogP contribution in [-0.4, -0.2) is 48.3 Å². The molecule has 1 atom stereocenters. The highest BCUT2D eigenvalue weighted by atomic mass is 35.5. The first-order chi connectivity index (χ1) is 22.1. The normalized spacial score (nSPS) is 11.4. The van der Waals surface area contributed by atoms with Crippen molar-refractivity contribution < 1.29 is 32.2 Å². The summed E-state index contributed by atoms with van der Waals surface area (Å²) in [6.45, 7) is 2.50. The second-order valence-corrected chi connectivity index (χ2v) is 11.2. The molecule has 0 spiro atoms. The van der Waals surface area contributed by atoms with Gasteiger partial charge in [0, 0.05) is 22.4 Å². The first kappa shape index (κ1) is 36.9. The molecule has 0 radical (unpaired) electrons. The summed E-state index contributed by atoms with van der Waals surface area (Å²) in [6.07, 6.45) is -4.43. The van der Waals surface area contributed by atoms with Crippen LogP contribution in [0.1, 0.15) is 28.4 Å². The molecule has 1 heterocycles. The Morgan fingerprint density at radius 2 is 1.62 bits per heavy atom. The number of carbonyl (C=O) groups is 2. The van der Waals surface area contributed by atoms with E-state index < -0.39 is 23.8 Å². The molecule has 0 fully saturated rings. The number of amides is 1. The van der Waals surface area contributed by atoms with Crippen LogP contribution >= 0.6 is 24.2 Å². The maximum atomic E-state index is 12.7. The van der Waals surface area contributed by atoms with E-state index in [0.29, 0.717) is 30.0 Å². The Morgan fingerprint density at radius 1 is 0.915 bits per heavy atom. The summed E-state index contributed by atoms with van der Waals surface area (Å²) in [4.78, 5) is 32.5. The van der Waals surface area contributed by atoms with Crippen LogP contribution in [0.25, 0.3) is 11.0 Å². The van der Waals surface area contributed by atoms with E-state index in [0.717, 1.165) is 28.1 Å². The highest BCUT2D eigenvalue weighted by Gasteiger charge is 2.30. The molecule has 8 nitrogen and oxygen atoms in total.